The Morgan fingerprint density at radius 3 is 2.33 bits per heavy atom. The van der Waals surface area contributed by atoms with Gasteiger partial charge in [-0.15, -0.1) is 0 Å². The summed E-state index contributed by atoms with van der Waals surface area (Å²) in [6.45, 7) is 15.9. The smallest absolute Gasteiger partial charge is 0.0415 e. The predicted molar refractivity (Wildman–Crippen MR) is 92.0 cm³/mol. The number of anilines is 1. The summed E-state index contributed by atoms with van der Waals surface area (Å²) in [4.78, 5) is 5.15. The van der Waals surface area contributed by atoms with Crippen molar-refractivity contribution >= 4 is 5.69 Å². The highest BCUT2D eigenvalue weighted by Crippen LogP contribution is 2.27. The van der Waals surface area contributed by atoms with E-state index in [4.69, 9.17) is 0 Å². The number of hydrogen-bond donors (Lipinski definition) is 1. The molecular weight excluding hydrogens is 258 g/mol. The van der Waals surface area contributed by atoms with Crippen molar-refractivity contribution in [3.63, 3.8) is 0 Å². The van der Waals surface area contributed by atoms with Crippen LogP contribution in [0.1, 0.15) is 39.3 Å². The normalized spacial score (nSPS) is 18.2. The van der Waals surface area contributed by atoms with Gasteiger partial charge in [0, 0.05) is 44.5 Å². The third-order valence-electron chi connectivity index (χ3n) is 4.25. The first-order valence-corrected chi connectivity index (χ1v) is 8.41. The van der Waals surface area contributed by atoms with E-state index in [0.717, 1.165) is 25.6 Å². The first-order chi connectivity index (χ1) is 10.1. The molecule has 1 saturated heterocycles. The zero-order valence-corrected chi connectivity index (χ0v) is 14.1. The van der Waals surface area contributed by atoms with Crippen molar-refractivity contribution in [3.8, 4) is 0 Å². The Balaban J connectivity index is 2.03. The fourth-order valence-corrected chi connectivity index (χ4v) is 3.25. The molecule has 1 aromatic rings. The van der Waals surface area contributed by atoms with Crippen molar-refractivity contribution in [1.29, 1.82) is 0 Å². The molecule has 0 aromatic heterocycles. The molecule has 2 rings (SSSR count). The van der Waals surface area contributed by atoms with Crippen LogP contribution in [-0.4, -0.2) is 44.2 Å². The molecule has 0 saturated carbocycles. The summed E-state index contributed by atoms with van der Waals surface area (Å²) in [5.41, 5.74) is 2.84. The van der Waals surface area contributed by atoms with Crippen LogP contribution in [0.15, 0.2) is 24.3 Å². The second kappa shape index (κ2) is 7.81. The van der Waals surface area contributed by atoms with Crippen LogP contribution in [0, 0.1) is 5.92 Å². The van der Waals surface area contributed by atoms with E-state index in [1.807, 2.05) is 0 Å². The van der Waals surface area contributed by atoms with E-state index in [2.05, 4.69) is 67.1 Å². The number of para-hydroxylation sites is 1. The summed E-state index contributed by atoms with van der Waals surface area (Å²) in [6, 6.07) is 9.28. The van der Waals surface area contributed by atoms with E-state index >= 15 is 0 Å². The molecule has 1 heterocycles. The predicted octanol–water partition coefficient (Wildman–Crippen LogP) is 3.14. The topological polar surface area (TPSA) is 18.5 Å². The molecule has 3 nitrogen and oxygen atoms in total. The zero-order chi connectivity index (χ0) is 15.2. The molecule has 1 aliphatic heterocycles. The fourth-order valence-electron chi connectivity index (χ4n) is 3.25. The van der Waals surface area contributed by atoms with Gasteiger partial charge in [0.05, 0.1) is 0 Å². The lowest BCUT2D eigenvalue weighted by Crippen LogP contribution is -2.47. The van der Waals surface area contributed by atoms with Crippen LogP contribution in [0.5, 0.6) is 0 Å². The second-order valence-electron chi connectivity index (χ2n) is 6.52. The molecule has 1 unspecified atom stereocenters. The highest BCUT2D eigenvalue weighted by molar-refractivity contribution is 5.55. The number of hydrogen-bond acceptors (Lipinski definition) is 3. The second-order valence-corrected chi connectivity index (χ2v) is 6.52. The maximum Gasteiger partial charge on any atom is 0.0415 e. The van der Waals surface area contributed by atoms with E-state index in [9.17, 15) is 0 Å². The van der Waals surface area contributed by atoms with Gasteiger partial charge < -0.3 is 10.2 Å². The number of benzene rings is 1. The summed E-state index contributed by atoms with van der Waals surface area (Å²) < 4.78 is 0. The summed E-state index contributed by atoms with van der Waals surface area (Å²) in [7, 11) is 0. The molecule has 1 N–H and O–H groups in total. The Morgan fingerprint density at radius 1 is 1.05 bits per heavy atom. The summed E-state index contributed by atoms with van der Waals surface area (Å²) in [6.07, 6.45) is 0. The number of rotatable bonds is 6. The average molecular weight is 289 g/mol. The average Bonchev–Trinajstić information content (AvgIpc) is 2.48. The van der Waals surface area contributed by atoms with E-state index in [0.29, 0.717) is 6.04 Å². The minimum absolute atomic E-state index is 0.417. The quantitative estimate of drug-likeness (QED) is 0.868. The van der Waals surface area contributed by atoms with E-state index < -0.39 is 0 Å². The van der Waals surface area contributed by atoms with Gasteiger partial charge in [0.25, 0.3) is 0 Å². The maximum absolute atomic E-state index is 3.54. The van der Waals surface area contributed by atoms with E-state index in [1.165, 1.54) is 30.9 Å². The van der Waals surface area contributed by atoms with Crippen LogP contribution in [0.25, 0.3) is 0 Å². The molecule has 0 radical (unpaired) electrons. The largest absolute Gasteiger partial charge is 0.369 e. The minimum Gasteiger partial charge on any atom is -0.369 e. The molecule has 21 heavy (non-hydrogen) atoms. The van der Waals surface area contributed by atoms with Crippen LogP contribution in [0.3, 0.4) is 0 Å². The van der Waals surface area contributed by atoms with Gasteiger partial charge in [0.1, 0.15) is 0 Å². The van der Waals surface area contributed by atoms with Crippen LogP contribution in [-0.2, 0) is 0 Å². The van der Waals surface area contributed by atoms with Crippen LogP contribution in [0.4, 0.5) is 5.69 Å². The molecule has 0 bridgehead atoms. The summed E-state index contributed by atoms with van der Waals surface area (Å²) in [5, 5.41) is 3.54. The van der Waals surface area contributed by atoms with Gasteiger partial charge in [-0.2, -0.15) is 0 Å². The summed E-state index contributed by atoms with van der Waals surface area (Å²) >= 11 is 0. The van der Waals surface area contributed by atoms with Crippen molar-refractivity contribution in [3.05, 3.63) is 29.8 Å². The molecular formula is C18H31N3. The fraction of sp³-hybridized carbons (Fsp3) is 0.667. The SMILES string of the molecule is CCNC(C)c1ccccc1N1CCN(CC(C)C)CC1. The van der Waals surface area contributed by atoms with Crippen LogP contribution < -0.4 is 10.2 Å². The van der Waals surface area contributed by atoms with Gasteiger partial charge in [0.2, 0.25) is 0 Å². The molecule has 1 atom stereocenters. The third kappa shape index (κ3) is 4.45. The van der Waals surface area contributed by atoms with Crippen molar-refractivity contribution < 1.29 is 0 Å². The molecule has 0 spiro atoms. The molecule has 0 amide bonds. The molecule has 1 fully saturated rings. The van der Waals surface area contributed by atoms with E-state index in [-0.39, 0.29) is 0 Å². The Bertz CT molecular complexity index is 422. The minimum atomic E-state index is 0.417. The molecule has 118 valence electrons. The lowest BCUT2D eigenvalue weighted by molar-refractivity contribution is 0.231. The number of piperazine rings is 1. The Labute approximate surface area is 130 Å². The van der Waals surface area contributed by atoms with Crippen molar-refractivity contribution in [2.75, 3.05) is 44.2 Å². The van der Waals surface area contributed by atoms with Crippen molar-refractivity contribution in [2.24, 2.45) is 5.92 Å². The maximum atomic E-state index is 3.54. The highest BCUT2D eigenvalue weighted by atomic mass is 15.3. The zero-order valence-electron chi connectivity index (χ0n) is 14.1. The van der Waals surface area contributed by atoms with Gasteiger partial charge in [-0.25, -0.2) is 0 Å². The van der Waals surface area contributed by atoms with E-state index in [1.54, 1.807) is 0 Å². The standard InChI is InChI=1S/C18H31N3/c1-5-19-16(4)17-8-6-7-9-18(17)21-12-10-20(11-13-21)14-15(2)3/h6-9,15-16,19H,5,10-14H2,1-4H3. The van der Waals surface area contributed by atoms with Gasteiger partial charge in [-0.3, -0.25) is 4.90 Å². The van der Waals surface area contributed by atoms with Crippen LogP contribution in [0.2, 0.25) is 0 Å². The number of nitrogens with zero attached hydrogens (tertiary/aromatic N) is 2. The highest BCUT2D eigenvalue weighted by Gasteiger charge is 2.20. The molecule has 1 aromatic carbocycles. The van der Waals surface area contributed by atoms with Crippen LogP contribution >= 0.6 is 0 Å². The molecule has 0 aliphatic carbocycles. The lowest BCUT2D eigenvalue weighted by atomic mass is 10.0. The monoisotopic (exact) mass is 289 g/mol. The number of nitrogens with one attached hydrogen (secondary N) is 1. The summed E-state index contributed by atoms with van der Waals surface area (Å²) in [5.74, 6) is 0.762. The first kappa shape index (κ1) is 16.3. The van der Waals surface area contributed by atoms with Gasteiger partial charge in [0.15, 0.2) is 0 Å². The van der Waals surface area contributed by atoms with Crippen molar-refractivity contribution in [2.45, 2.75) is 33.7 Å². The molecule has 3 heteroatoms. The lowest BCUT2D eigenvalue weighted by Gasteiger charge is -2.38. The van der Waals surface area contributed by atoms with Gasteiger partial charge in [-0.05, 0) is 31.0 Å². The Kier molecular flexibility index (Phi) is 6.07. The first-order valence-electron chi connectivity index (χ1n) is 8.41. The van der Waals surface area contributed by atoms with Gasteiger partial charge in [-0.1, -0.05) is 39.0 Å². The third-order valence-corrected chi connectivity index (χ3v) is 4.25. The van der Waals surface area contributed by atoms with Gasteiger partial charge >= 0.3 is 0 Å². The van der Waals surface area contributed by atoms with Crippen molar-refractivity contribution in [1.82, 2.24) is 10.2 Å². The Morgan fingerprint density at radius 2 is 1.71 bits per heavy atom. The Hall–Kier alpha value is -1.06. The molecule has 1 aliphatic rings.